The molecule has 0 bridgehead atoms. The molecule has 3 nitrogen and oxygen atoms in total. The van der Waals surface area contributed by atoms with Crippen LogP contribution in [0.5, 0.6) is 5.75 Å². The molecule has 0 radical (unpaired) electrons. The van der Waals surface area contributed by atoms with Crippen molar-refractivity contribution in [3.8, 4) is 5.75 Å². The summed E-state index contributed by atoms with van der Waals surface area (Å²) in [6.07, 6.45) is -0.00523. The lowest BCUT2D eigenvalue weighted by Crippen LogP contribution is -2.33. The molecule has 0 aliphatic carbocycles. The molecule has 1 saturated heterocycles. The maximum Gasteiger partial charge on any atom is 0.387 e. The topological polar surface area (TPSA) is 30.5 Å². The minimum absolute atomic E-state index is 0.00523. The van der Waals surface area contributed by atoms with Crippen LogP contribution < -0.4 is 10.1 Å². The molecule has 1 fully saturated rings. The predicted molar refractivity (Wildman–Crippen MR) is 54.6 cm³/mol. The molecule has 0 saturated carbocycles. The molecule has 16 heavy (non-hydrogen) atoms. The lowest BCUT2D eigenvalue weighted by Gasteiger charge is -2.24. The van der Waals surface area contributed by atoms with Gasteiger partial charge < -0.3 is 14.8 Å². The zero-order valence-electron chi connectivity index (χ0n) is 8.66. The van der Waals surface area contributed by atoms with Gasteiger partial charge >= 0.3 is 6.61 Å². The van der Waals surface area contributed by atoms with E-state index >= 15 is 0 Å². The van der Waals surface area contributed by atoms with Gasteiger partial charge in [-0.1, -0.05) is 12.1 Å². The number of morpholine rings is 1. The van der Waals surface area contributed by atoms with E-state index in [-0.39, 0.29) is 11.9 Å². The Morgan fingerprint density at radius 1 is 1.31 bits per heavy atom. The summed E-state index contributed by atoms with van der Waals surface area (Å²) < 4.78 is 33.6. The smallest absolute Gasteiger partial charge is 0.387 e. The highest BCUT2D eigenvalue weighted by molar-refractivity contribution is 5.29. The molecule has 5 heteroatoms. The number of alkyl halides is 2. The average Bonchev–Trinajstić information content (AvgIpc) is 2.30. The van der Waals surface area contributed by atoms with Crippen molar-refractivity contribution in [1.82, 2.24) is 5.32 Å². The fourth-order valence-corrected chi connectivity index (χ4v) is 1.64. The van der Waals surface area contributed by atoms with Crippen molar-refractivity contribution in [1.29, 1.82) is 0 Å². The predicted octanol–water partition coefficient (Wildman–Crippen LogP) is 1.95. The second-order valence-electron chi connectivity index (χ2n) is 3.51. The Kier molecular flexibility index (Phi) is 3.69. The van der Waals surface area contributed by atoms with Gasteiger partial charge in [0.15, 0.2) is 0 Å². The van der Waals surface area contributed by atoms with Crippen molar-refractivity contribution >= 4 is 0 Å². The SMILES string of the molecule is FC(F)Oc1ccc([C@H]2CNCCO2)cc1. The number of hydrogen-bond acceptors (Lipinski definition) is 3. The number of nitrogens with one attached hydrogen (secondary N) is 1. The summed E-state index contributed by atoms with van der Waals surface area (Å²) in [5.41, 5.74) is 0.966. The van der Waals surface area contributed by atoms with Gasteiger partial charge in [-0.05, 0) is 17.7 Å². The third-order valence-electron chi connectivity index (χ3n) is 2.40. The van der Waals surface area contributed by atoms with Crippen molar-refractivity contribution in [2.45, 2.75) is 12.7 Å². The second-order valence-corrected chi connectivity index (χ2v) is 3.51. The van der Waals surface area contributed by atoms with Crippen molar-refractivity contribution < 1.29 is 18.3 Å². The van der Waals surface area contributed by atoms with Crippen molar-refractivity contribution in [3.05, 3.63) is 29.8 Å². The Morgan fingerprint density at radius 2 is 2.06 bits per heavy atom. The van der Waals surface area contributed by atoms with Crippen LogP contribution in [0.25, 0.3) is 0 Å². The van der Waals surface area contributed by atoms with Gasteiger partial charge in [0.05, 0.1) is 12.7 Å². The lowest BCUT2D eigenvalue weighted by molar-refractivity contribution is -0.0498. The van der Waals surface area contributed by atoms with E-state index in [0.717, 1.165) is 18.7 Å². The van der Waals surface area contributed by atoms with E-state index in [1.165, 1.54) is 12.1 Å². The van der Waals surface area contributed by atoms with Gasteiger partial charge in [-0.15, -0.1) is 0 Å². The van der Waals surface area contributed by atoms with Crippen LogP contribution in [0.4, 0.5) is 8.78 Å². The van der Waals surface area contributed by atoms with E-state index in [1.54, 1.807) is 12.1 Å². The molecule has 1 aliphatic rings. The van der Waals surface area contributed by atoms with E-state index < -0.39 is 6.61 Å². The van der Waals surface area contributed by atoms with Crippen LogP contribution >= 0.6 is 0 Å². The van der Waals surface area contributed by atoms with Gasteiger partial charge in [-0.3, -0.25) is 0 Å². The molecule has 1 aromatic rings. The molecule has 1 atom stereocenters. The fourth-order valence-electron chi connectivity index (χ4n) is 1.64. The fraction of sp³-hybridized carbons (Fsp3) is 0.455. The highest BCUT2D eigenvalue weighted by atomic mass is 19.3. The van der Waals surface area contributed by atoms with Crippen molar-refractivity contribution in [2.24, 2.45) is 0 Å². The van der Waals surface area contributed by atoms with Crippen molar-refractivity contribution in [2.75, 3.05) is 19.7 Å². The van der Waals surface area contributed by atoms with Crippen LogP contribution in [0.1, 0.15) is 11.7 Å². The maximum absolute atomic E-state index is 11.9. The molecule has 0 spiro atoms. The quantitative estimate of drug-likeness (QED) is 0.859. The standard InChI is InChI=1S/C11H13F2NO2/c12-11(13)16-9-3-1-8(2-4-9)10-7-14-5-6-15-10/h1-4,10-11,14H,5-7H2/t10-/m1/s1. The first kappa shape index (κ1) is 11.3. The monoisotopic (exact) mass is 229 g/mol. The minimum atomic E-state index is -2.78. The van der Waals surface area contributed by atoms with Crippen LogP contribution in [0.3, 0.4) is 0 Å². The Labute approximate surface area is 92.4 Å². The number of rotatable bonds is 3. The summed E-state index contributed by atoms with van der Waals surface area (Å²) in [6, 6.07) is 6.55. The molecular formula is C11H13F2NO2. The molecule has 88 valence electrons. The Bertz CT molecular complexity index is 323. The summed E-state index contributed by atoms with van der Waals surface area (Å²) in [5.74, 6) is 0.169. The summed E-state index contributed by atoms with van der Waals surface area (Å²) in [6.45, 7) is -0.517. The molecule has 0 amide bonds. The number of halogens is 2. The summed E-state index contributed by atoms with van der Waals surface area (Å²) in [7, 11) is 0. The van der Waals surface area contributed by atoms with E-state index in [4.69, 9.17) is 4.74 Å². The summed E-state index contributed by atoms with van der Waals surface area (Å²) >= 11 is 0. The van der Waals surface area contributed by atoms with Gasteiger partial charge in [0.25, 0.3) is 0 Å². The Balaban J connectivity index is 2.00. The van der Waals surface area contributed by atoms with Crippen LogP contribution in [0.2, 0.25) is 0 Å². The Hall–Kier alpha value is -1.20. The first-order chi connectivity index (χ1) is 7.75. The molecule has 1 heterocycles. The van der Waals surface area contributed by atoms with E-state index in [2.05, 4.69) is 10.1 Å². The number of ether oxygens (including phenoxy) is 2. The summed E-state index contributed by atoms with van der Waals surface area (Å²) in [5, 5.41) is 3.20. The minimum Gasteiger partial charge on any atom is -0.435 e. The first-order valence-corrected chi connectivity index (χ1v) is 5.13. The van der Waals surface area contributed by atoms with Crippen LogP contribution in [0.15, 0.2) is 24.3 Å². The maximum atomic E-state index is 11.9. The van der Waals surface area contributed by atoms with Gasteiger partial charge in [0.2, 0.25) is 0 Å². The van der Waals surface area contributed by atoms with Gasteiger partial charge in [0, 0.05) is 13.1 Å². The molecule has 1 N–H and O–H groups in total. The third-order valence-corrected chi connectivity index (χ3v) is 2.40. The zero-order valence-corrected chi connectivity index (χ0v) is 8.66. The second kappa shape index (κ2) is 5.23. The van der Waals surface area contributed by atoms with Crippen LogP contribution in [-0.2, 0) is 4.74 Å². The highest BCUT2D eigenvalue weighted by Crippen LogP contribution is 2.22. The lowest BCUT2D eigenvalue weighted by atomic mass is 10.1. The normalized spacial score (nSPS) is 21.1. The molecule has 1 aromatic carbocycles. The first-order valence-electron chi connectivity index (χ1n) is 5.13. The molecular weight excluding hydrogens is 216 g/mol. The number of hydrogen-bond donors (Lipinski definition) is 1. The van der Waals surface area contributed by atoms with Gasteiger partial charge in [-0.25, -0.2) is 0 Å². The third kappa shape index (κ3) is 2.90. The largest absolute Gasteiger partial charge is 0.435 e. The van der Waals surface area contributed by atoms with Gasteiger partial charge in [-0.2, -0.15) is 8.78 Å². The average molecular weight is 229 g/mol. The van der Waals surface area contributed by atoms with E-state index in [9.17, 15) is 8.78 Å². The van der Waals surface area contributed by atoms with E-state index in [1.807, 2.05) is 0 Å². The molecule has 1 aliphatic heterocycles. The van der Waals surface area contributed by atoms with Crippen LogP contribution in [0, 0.1) is 0 Å². The van der Waals surface area contributed by atoms with Gasteiger partial charge in [0.1, 0.15) is 5.75 Å². The number of benzene rings is 1. The highest BCUT2D eigenvalue weighted by Gasteiger charge is 2.15. The van der Waals surface area contributed by atoms with Crippen LogP contribution in [-0.4, -0.2) is 26.3 Å². The van der Waals surface area contributed by atoms with E-state index in [0.29, 0.717) is 6.61 Å². The zero-order chi connectivity index (χ0) is 11.4. The molecule has 0 aromatic heterocycles. The van der Waals surface area contributed by atoms with Crippen molar-refractivity contribution in [3.63, 3.8) is 0 Å². The summed E-state index contributed by atoms with van der Waals surface area (Å²) in [4.78, 5) is 0. The molecule has 2 rings (SSSR count). The Morgan fingerprint density at radius 3 is 2.62 bits per heavy atom. The molecule has 0 unspecified atom stereocenters.